The van der Waals surface area contributed by atoms with Gasteiger partial charge in [0.2, 0.25) is 0 Å². The van der Waals surface area contributed by atoms with Gasteiger partial charge in [-0.25, -0.2) is 0 Å². The maximum absolute atomic E-state index is 12.1. The Hall–Kier alpha value is -1.41. The van der Waals surface area contributed by atoms with Crippen molar-refractivity contribution >= 4 is 40.7 Å². The molecule has 2 aromatic carbocycles. The van der Waals surface area contributed by atoms with Crippen molar-refractivity contribution in [2.45, 2.75) is 19.2 Å². The molecule has 2 aromatic rings. The third kappa shape index (κ3) is 8.49. The monoisotopic (exact) mass is 471 g/mol. The van der Waals surface area contributed by atoms with Crippen molar-refractivity contribution in [1.82, 2.24) is 10.6 Å². The van der Waals surface area contributed by atoms with Crippen LogP contribution in [0.25, 0.3) is 0 Å². The van der Waals surface area contributed by atoms with Crippen LogP contribution >= 0.6 is 24.0 Å². The third-order valence-corrected chi connectivity index (χ3v) is 4.87. The van der Waals surface area contributed by atoms with Crippen LogP contribution in [0.5, 0.6) is 0 Å². The second kappa shape index (κ2) is 12.0. The molecule has 25 heavy (non-hydrogen) atoms. The summed E-state index contributed by atoms with van der Waals surface area (Å²) in [6.45, 7) is 3.43. The van der Waals surface area contributed by atoms with Gasteiger partial charge >= 0.3 is 0 Å². The molecule has 0 aromatic heterocycles. The summed E-state index contributed by atoms with van der Waals surface area (Å²) in [4.78, 5) is 4.20. The normalized spacial score (nSPS) is 12.2. The molecular weight excluding hydrogens is 445 g/mol. The maximum Gasteiger partial charge on any atom is 0.191 e. The van der Waals surface area contributed by atoms with E-state index in [-0.39, 0.29) is 24.0 Å². The number of nitrogens with zero attached hydrogens (tertiary/aromatic N) is 1. The van der Waals surface area contributed by atoms with Crippen molar-refractivity contribution in [3.63, 3.8) is 0 Å². The van der Waals surface area contributed by atoms with Gasteiger partial charge in [0.1, 0.15) is 0 Å². The molecule has 0 radical (unpaired) electrons. The Bertz CT molecular complexity index is 692. The molecule has 0 aliphatic rings. The molecule has 0 spiro atoms. The summed E-state index contributed by atoms with van der Waals surface area (Å²) >= 11 is 0. The lowest BCUT2D eigenvalue weighted by molar-refractivity contribution is 0.680. The SMILES string of the molecule is CN=C(NCCS(=O)Cc1ccccc1)NCc1cccc(C)c1.I. The standard InChI is InChI=1S/C19H25N3OS.HI/c1-16-7-6-10-18(13-16)14-22-19(20-2)21-11-12-24(23)15-17-8-4-3-5-9-17;/h3-10,13H,11-12,14-15H2,1-2H3,(H2,20,21,22);1H. The molecule has 0 bridgehead atoms. The van der Waals surface area contributed by atoms with Gasteiger partial charge in [0.25, 0.3) is 0 Å². The number of aliphatic imine (C=N–C) groups is 1. The Balaban J connectivity index is 0.00000312. The van der Waals surface area contributed by atoms with Crippen LogP contribution in [0.4, 0.5) is 0 Å². The predicted octanol–water partition coefficient (Wildman–Crippen LogP) is 3.23. The van der Waals surface area contributed by atoms with Crippen LogP contribution in [0.15, 0.2) is 59.6 Å². The molecule has 1 atom stereocenters. The van der Waals surface area contributed by atoms with Crippen molar-refractivity contribution in [3.05, 3.63) is 71.3 Å². The van der Waals surface area contributed by atoms with Gasteiger partial charge in [-0.1, -0.05) is 60.2 Å². The largest absolute Gasteiger partial charge is 0.355 e. The van der Waals surface area contributed by atoms with Crippen molar-refractivity contribution in [2.75, 3.05) is 19.3 Å². The second-order valence-corrected chi connectivity index (χ2v) is 7.19. The van der Waals surface area contributed by atoms with E-state index in [0.29, 0.717) is 24.6 Å². The average molecular weight is 471 g/mol. The Kier molecular flexibility index (Phi) is 10.4. The van der Waals surface area contributed by atoms with Gasteiger partial charge in [0.15, 0.2) is 5.96 Å². The fourth-order valence-electron chi connectivity index (χ4n) is 2.34. The minimum Gasteiger partial charge on any atom is -0.355 e. The summed E-state index contributed by atoms with van der Waals surface area (Å²) in [5.74, 6) is 1.92. The first-order valence-corrected chi connectivity index (χ1v) is 9.55. The molecule has 0 saturated carbocycles. The van der Waals surface area contributed by atoms with Gasteiger partial charge in [-0.05, 0) is 18.1 Å². The van der Waals surface area contributed by atoms with Crippen LogP contribution in [-0.4, -0.2) is 29.5 Å². The molecule has 2 N–H and O–H groups in total. The molecule has 0 aliphatic carbocycles. The lowest BCUT2D eigenvalue weighted by atomic mass is 10.1. The summed E-state index contributed by atoms with van der Waals surface area (Å²) in [5, 5.41) is 6.49. The highest BCUT2D eigenvalue weighted by Crippen LogP contribution is 2.03. The predicted molar refractivity (Wildman–Crippen MR) is 118 cm³/mol. The summed E-state index contributed by atoms with van der Waals surface area (Å²) in [7, 11) is 0.865. The second-order valence-electron chi connectivity index (χ2n) is 5.62. The number of aryl methyl sites for hydroxylation is 1. The van der Waals surface area contributed by atoms with Crippen LogP contribution in [0.2, 0.25) is 0 Å². The van der Waals surface area contributed by atoms with E-state index in [0.717, 1.165) is 11.5 Å². The number of hydrogen-bond acceptors (Lipinski definition) is 2. The van der Waals surface area contributed by atoms with Crippen LogP contribution < -0.4 is 10.6 Å². The molecule has 0 saturated heterocycles. The van der Waals surface area contributed by atoms with Gasteiger partial charge in [0.05, 0.1) is 0 Å². The van der Waals surface area contributed by atoms with Crippen LogP contribution in [-0.2, 0) is 23.1 Å². The highest BCUT2D eigenvalue weighted by molar-refractivity contribution is 14.0. The highest BCUT2D eigenvalue weighted by atomic mass is 127. The van der Waals surface area contributed by atoms with E-state index >= 15 is 0 Å². The van der Waals surface area contributed by atoms with Crippen molar-refractivity contribution in [1.29, 1.82) is 0 Å². The first-order valence-electron chi connectivity index (χ1n) is 8.06. The van der Waals surface area contributed by atoms with Crippen LogP contribution in [0.3, 0.4) is 0 Å². The number of nitrogens with one attached hydrogen (secondary N) is 2. The molecule has 4 nitrogen and oxygen atoms in total. The summed E-state index contributed by atoms with van der Waals surface area (Å²) in [6.07, 6.45) is 0. The van der Waals surface area contributed by atoms with Gasteiger partial charge in [0, 0.05) is 42.4 Å². The first-order chi connectivity index (χ1) is 11.7. The number of halogens is 1. The first kappa shape index (κ1) is 21.6. The van der Waals surface area contributed by atoms with E-state index in [4.69, 9.17) is 0 Å². The fourth-order valence-corrected chi connectivity index (χ4v) is 3.38. The van der Waals surface area contributed by atoms with E-state index in [1.165, 1.54) is 11.1 Å². The summed E-state index contributed by atoms with van der Waals surface area (Å²) < 4.78 is 12.1. The molecule has 2 rings (SSSR count). The zero-order chi connectivity index (χ0) is 17.2. The van der Waals surface area contributed by atoms with E-state index in [2.05, 4.69) is 46.8 Å². The topological polar surface area (TPSA) is 53.5 Å². The molecule has 136 valence electrons. The van der Waals surface area contributed by atoms with E-state index in [1.807, 2.05) is 30.3 Å². The van der Waals surface area contributed by atoms with Crippen LogP contribution in [0, 0.1) is 6.92 Å². The Morgan fingerprint density at radius 2 is 1.76 bits per heavy atom. The maximum atomic E-state index is 12.1. The number of guanidine groups is 1. The molecular formula is C19H26IN3OS. The zero-order valence-electron chi connectivity index (χ0n) is 14.7. The van der Waals surface area contributed by atoms with Crippen LogP contribution in [0.1, 0.15) is 16.7 Å². The molecule has 0 aliphatic heterocycles. The Morgan fingerprint density at radius 3 is 2.44 bits per heavy atom. The Labute approximate surface area is 170 Å². The van der Waals surface area contributed by atoms with Crippen molar-refractivity contribution in [2.24, 2.45) is 4.99 Å². The molecule has 0 fully saturated rings. The number of hydrogen-bond donors (Lipinski definition) is 2. The Morgan fingerprint density at radius 1 is 1.04 bits per heavy atom. The zero-order valence-corrected chi connectivity index (χ0v) is 17.8. The minimum absolute atomic E-state index is 0. The van der Waals surface area contributed by atoms with E-state index in [9.17, 15) is 4.21 Å². The van der Waals surface area contributed by atoms with E-state index in [1.54, 1.807) is 7.05 Å². The smallest absolute Gasteiger partial charge is 0.191 e. The lowest BCUT2D eigenvalue weighted by Gasteiger charge is -2.12. The minimum atomic E-state index is -0.878. The van der Waals surface area contributed by atoms with Crippen molar-refractivity contribution in [3.8, 4) is 0 Å². The number of benzene rings is 2. The van der Waals surface area contributed by atoms with Gasteiger partial charge in [-0.3, -0.25) is 9.20 Å². The number of rotatable bonds is 7. The average Bonchev–Trinajstić information content (AvgIpc) is 2.59. The van der Waals surface area contributed by atoms with Crippen molar-refractivity contribution < 1.29 is 4.21 Å². The molecule has 0 heterocycles. The molecule has 1 unspecified atom stereocenters. The highest BCUT2D eigenvalue weighted by Gasteiger charge is 2.03. The summed E-state index contributed by atoms with van der Waals surface area (Å²) in [5.41, 5.74) is 3.57. The quantitative estimate of drug-likeness (QED) is 0.371. The lowest BCUT2D eigenvalue weighted by Crippen LogP contribution is -2.38. The van der Waals surface area contributed by atoms with Gasteiger partial charge in [-0.15, -0.1) is 24.0 Å². The van der Waals surface area contributed by atoms with Gasteiger partial charge in [-0.2, -0.15) is 0 Å². The van der Waals surface area contributed by atoms with E-state index < -0.39 is 10.8 Å². The fraction of sp³-hybridized carbons (Fsp3) is 0.316. The summed E-state index contributed by atoms with van der Waals surface area (Å²) in [6, 6.07) is 18.3. The molecule has 0 amide bonds. The third-order valence-electron chi connectivity index (χ3n) is 3.56. The van der Waals surface area contributed by atoms with Gasteiger partial charge < -0.3 is 10.6 Å². The molecule has 6 heteroatoms.